The molecule has 1 heterocycles. The first-order valence-electron chi connectivity index (χ1n) is 9.06. The van der Waals surface area contributed by atoms with Crippen molar-refractivity contribution in [3.8, 4) is 0 Å². The van der Waals surface area contributed by atoms with Gasteiger partial charge in [0.1, 0.15) is 6.04 Å². The van der Waals surface area contributed by atoms with Crippen LogP contribution in [0.3, 0.4) is 0 Å². The van der Waals surface area contributed by atoms with Crippen LogP contribution < -0.4 is 10.0 Å². The lowest BCUT2D eigenvalue weighted by Gasteiger charge is -2.11. The summed E-state index contributed by atoms with van der Waals surface area (Å²) in [5.41, 5.74) is 0.544. The molecule has 31 heavy (non-hydrogen) atoms. The highest BCUT2D eigenvalue weighted by atomic mass is 32.2. The molecule has 1 atom stereocenters. The lowest BCUT2D eigenvalue weighted by atomic mass is 10.2. The summed E-state index contributed by atoms with van der Waals surface area (Å²) < 4.78 is 32.5. The van der Waals surface area contributed by atoms with Crippen molar-refractivity contribution in [2.45, 2.75) is 31.7 Å². The van der Waals surface area contributed by atoms with Crippen LogP contribution in [0, 0.1) is 24.0 Å². The summed E-state index contributed by atoms with van der Waals surface area (Å²) in [7, 11) is -4.05. The number of aryl methyl sites for hydroxylation is 2. The Morgan fingerprint density at radius 3 is 2.42 bits per heavy atom. The van der Waals surface area contributed by atoms with E-state index in [4.69, 9.17) is 4.52 Å². The van der Waals surface area contributed by atoms with E-state index in [0.29, 0.717) is 11.4 Å². The van der Waals surface area contributed by atoms with E-state index in [-0.39, 0.29) is 27.7 Å². The average Bonchev–Trinajstić information content (AvgIpc) is 3.14. The third-order valence-corrected chi connectivity index (χ3v) is 5.73. The Kier molecular flexibility index (Phi) is 6.02. The minimum Gasteiger partial charge on any atom is -0.341 e. The van der Waals surface area contributed by atoms with Crippen LogP contribution in [-0.4, -0.2) is 29.4 Å². The van der Waals surface area contributed by atoms with E-state index in [1.54, 1.807) is 13.8 Å². The first-order valence-corrected chi connectivity index (χ1v) is 10.5. The first kappa shape index (κ1) is 21.9. The van der Waals surface area contributed by atoms with E-state index < -0.39 is 26.9 Å². The molecule has 1 unspecified atom stereocenters. The lowest BCUT2D eigenvalue weighted by Crippen LogP contribution is -2.26. The van der Waals surface area contributed by atoms with Crippen LogP contribution in [-0.2, 0) is 10.0 Å². The molecule has 12 heteroatoms. The fourth-order valence-electron chi connectivity index (χ4n) is 2.69. The number of amides is 1. The van der Waals surface area contributed by atoms with Gasteiger partial charge < -0.3 is 9.84 Å². The third kappa shape index (κ3) is 5.04. The third-order valence-electron chi connectivity index (χ3n) is 4.35. The fourth-order valence-corrected chi connectivity index (χ4v) is 3.77. The highest BCUT2D eigenvalue weighted by molar-refractivity contribution is 7.92. The van der Waals surface area contributed by atoms with Gasteiger partial charge in [-0.25, -0.2) is 8.42 Å². The molecule has 0 spiro atoms. The summed E-state index contributed by atoms with van der Waals surface area (Å²) in [6.07, 6.45) is 0. The summed E-state index contributed by atoms with van der Waals surface area (Å²) >= 11 is 0. The number of carbonyl (C=O) groups is 1. The zero-order valence-electron chi connectivity index (χ0n) is 16.8. The standard InChI is InChI=1S/C19H19N5O6S/c1-11-4-9-16(10-17(11)24(26)27)31(28,29)23-15-7-5-14(6-8-15)18(25)20-12(2)19-21-13(3)22-30-19/h4-10,12,23H,1-3H3,(H,20,25). The van der Waals surface area contributed by atoms with Gasteiger partial charge in [0.05, 0.1) is 9.82 Å². The molecule has 11 nitrogen and oxygen atoms in total. The van der Waals surface area contributed by atoms with Crippen LogP contribution in [0.1, 0.15) is 40.6 Å². The van der Waals surface area contributed by atoms with Crippen molar-refractivity contribution in [3.63, 3.8) is 0 Å². The molecule has 0 aliphatic carbocycles. The number of benzene rings is 2. The predicted molar refractivity (Wildman–Crippen MR) is 110 cm³/mol. The second-order valence-corrected chi connectivity index (χ2v) is 8.45. The number of nitrogens with one attached hydrogen (secondary N) is 2. The quantitative estimate of drug-likeness (QED) is 0.415. The summed E-state index contributed by atoms with van der Waals surface area (Å²) in [5.74, 6) is 0.306. The maximum atomic E-state index is 12.6. The summed E-state index contributed by atoms with van der Waals surface area (Å²) in [5, 5.41) is 17.4. The van der Waals surface area contributed by atoms with Gasteiger partial charge >= 0.3 is 0 Å². The second-order valence-electron chi connectivity index (χ2n) is 6.76. The molecule has 0 saturated carbocycles. The molecule has 0 aliphatic rings. The Morgan fingerprint density at radius 1 is 1.16 bits per heavy atom. The molecule has 2 N–H and O–H groups in total. The minimum absolute atomic E-state index is 0.195. The van der Waals surface area contributed by atoms with Gasteiger partial charge in [0.2, 0.25) is 5.89 Å². The van der Waals surface area contributed by atoms with Gasteiger partial charge in [-0.15, -0.1) is 0 Å². The molecule has 1 amide bonds. The van der Waals surface area contributed by atoms with Crippen molar-refractivity contribution in [2.75, 3.05) is 4.72 Å². The van der Waals surface area contributed by atoms with Crippen molar-refractivity contribution in [3.05, 3.63) is 75.4 Å². The molecule has 0 bridgehead atoms. The number of hydrogen-bond acceptors (Lipinski definition) is 8. The average molecular weight is 445 g/mol. The number of rotatable bonds is 7. The number of aromatic nitrogens is 2. The van der Waals surface area contributed by atoms with Gasteiger partial charge in [0.25, 0.3) is 21.6 Å². The van der Waals surface area contributed by atoms with Crippen LogP contribution in [0.15, 0.2) is 51.9 Å². The minimum atomic E-state index is -4.05. The highest BCUT2D eigenvalue weighted by Crippen LogP contribution is 2.24. The van der Waals surface area contributed by atoms with Gasteiger partial charge in [-0.1, -0.05) is 11.2 Å². The monoisotopic (exact) mass is 445 g/mol. The molecule has 1 aromatic heterocycles. The molecular formula is C19H19N5O6S. The normalized spacial score (nSPS) is 12.2. The van der Waals surface area contributed by atoms with Crippen LogP contribution in [0.5, 0.6) is 0 Å². The van der Waals surface area contributed by atoms with E-state index in [0.717, 1.165) is 6.07 Å². The number of nitro groups is 1. The molecular weight excluding hydrogens is 426 g/mol. The van der Waals surface area contributed by atoms with Crippen molar-refractivity contribution in [1.82, 2.24) is 15.5 Å². The topological polar surface area (TPSA) is 157 Å². The molecule has 162 valence electrons. The molecule has 0 fully saturated rings. The smallest absolute Gasteiger partial charge is 0.273 e. The van der Waals surface area contributed by atoms with Crippen LogP contribution >= 0.6 is 0 Å². The molecule has 3 aromatic rings. The van der Waals surface area contributed by atoms with Crippen LogP contribution in [0.2, 0.25) is 0 Å². The Balaban J connectivity index is 1.72. The van der Waals surface area contributed by atoms with E-state index in [1.807, 2.05) is 0 Å². The van der Waals surface area contributed by atoms with Crippen molar-refractivity contribution < 1.29 is 22.7 Å². The molecule has 3 rings (SSSR count). The first-order chi connectivity index (χ1) is 14.6. The van der Waals surface area contributed by atoms with Gasteiger partial charge in [-0.3, -0.25) is 19.6 Å². The Labute approximate surface area is 177 Å². The summed E-state index contributed by atoms with van der Waals surface area (Å²) in [6, 6.07) is 8.85. The maximum Gasteiger partial charge on any atom is 0.273 e. The number of anilines is 1. The van der Waals surface area contributed by atoms with Crippen molar-refractivity contribution >= 4 is 27.3 Å². The van der Waals surface area contributed by atoms with E-state index in [9.17, 15) is 23.3 Å². The highest BCUT2D eigenvalue weighted by Gasteiger charge is 2.21. The lowest BCUT2D eigenvalue weighted by molar-refractivity contribution is -0.385. The zero-order chi connectivity index (χ0) is 22.8. The SMILES string of the molecule is Cc1noc(C(C)NC(=O)c2ccc(NS(=O)(=O)c3ccc(C)c([N+](=O)[O-])c3)cc2)n1. The van der Waals surface area contributed by atoms with Gasteiger partial charge in [-0.2, -0.15) is 4.98 Å². The second kappa shape index (κ2) is 8.52. The zero-order valence-corrected chi connectivity index (χ0v) is 17.6. The number of carbonyl (C=O) groups excluding carboxylic acids is 1. The van der Waals surface area contributed by atoms with Crippen molar-refractivity contribution in [2.24, 2.45) is 0 Å². The van der Waals surface area contributed by atoms with Crippen LogP contribution in [0.4, 0.5) is 11.4 Å². The number of nitrogens with zero attached hydrogens (tertiary/aromatic N) is 3. The number of nitro benzene ring substituents is 1. The molecule has 0 aliphatic heterocycles. The summed E-state index contributed by atoms with van der Waals surface area (Å²) in [4.78, 5) is 26.6. The van der Waals surface area contributed by atoms with Gasteiger partial charge in [-0.05, 0) is 51.1 Å². The van der Waals surface area contributed by atoms with E-state index in [1.165, 1.54) is 43.3 Å². The Morgan fingerprint density at radius 2 is 1.84 bits per heavy atom. The molecule has 2 aromatic carbocycles. The molecule has 0 saturated heterocycles. The van der Waals surface area contributed by atoms with Crippen molar-refractivity contribution in [1.29, 1.82) is 0 Å². The summed E-state index contributed by atoms with van der Waals surface area (Å²) in [6.45, 7) is 4.87. The number of sulfonamides is 1. The molecule has 0 radical (unpaired) electrons. The predicted octanol–water partition coefficient (Wildman–Crippen LogP) is 2.89. The van der Waals surface area contributed by atoms with Crippen LogP contribution in [0.25, 0.3) is 0 Å². The van der Waals surface area contributed by atoms with Gasteiger partial charge in [0.15, 0.2) is 5.82 Å². The largest absolute Gasteiger partial charge is 0.341 e. The number of hydrogen-bond donors (Lipinski definition) is 2. The Hall–Kier alpha value is -3.80. The maximum absolute atomic E-state index is 12.6. The van der Waals surface area contributed by atoms with E-state index in [2.05, 4.69) is 20.2 Å². The fraction of sp³-hybridized carbons (Fsp3) is 0.211. The Bertz CT molecular complexity index is 1240. The van der Waals surface area contributed by atoms with Gasteiger partial charge in [0, 0.05) is 22.9 Å². The van der Waals surface area contributed by atoms with E-state index >= 15 is 0 Å².